The van der Waals surface area contributed by atoms with Gasteiger partial charge in [0.25, 0.3) is 0 Å². The summed E-state index contributed by atoms with van der Waals surface area (Å²) in [5.74, 6) is -0.177. The fraction of sp³-hybridized carbons (Fsp3) is 0.200. The van der Waals surface area contributed by atoms with Gasteiger partial charge >= 0.3 is 5.69 Å². The first kappa shape index (κ1) is 14.0. The largest absolute Gasteiger partial charge is 0.368 e. The van der Waals surface area contributed by atoms with Crippen LogP contribution in [0.4, 0.5) is 0 Å². The third kappa shape index (κ3) is 2.48. The molecule has 2 aromatic heterocycles. The van der Waals surface area contributed by atoms with Gasteiger partial charge in [-0.3, -0.25) is 4.79 Å². The van der Waals surface area contributed by atoms with Gasteiger partial charge in [0.1, 0.15) is 6.54 Å². The van der Waals surface area contributed by atoms with Crippen molar-refractivity contribution in [2.24, 2.45) is 0 Å². The van der Waals surface area contributed by atoms with Gasteiger partial charge in [0, 0.05) is 17.0 Å². The van der Waals surface area contributed by atoms with Crippen LogP contribution >= 0.6 is 0 Å². The van der Waals surface area contributed by atoms with Crippen LogP contribution in [0, 0.1) is 13.8 Å². The highest BCUT2D eigenvalue weighted by atomic mass is 16.2. The third-order valence-corrected chi connectivity index (χ3v) is 3.38. The van der Waals surface area contributed by atoms with E-state index in [2.05, 4.69) is 15.4 Å². The van der Waals surface area contributed by atoms with E-state index in [0.29, 0.717) is 11.3 Å². The topological polar surface area (TPSA) is 85.6 Å². The second kappa shape index (κ2) is 5.44. The molecule has 0 fully saturated rings. The molecule has 7 nitrogen and oxygen atoms in total. The van der Waals surface area contributed by atoms with E-state index >= 15 is 0 Å². The molecule has 0 spiro atoms. The molecule has 112 valence electrons. The Balaban J connectivity index is 1.88. The minimum absolute atomic E-state index is 0.135. The maximum Gasteiger partial charge on any atom is 0.368 e. The molecule has 0 aliphatic heterocycles. The van der Waals surface area contributed by atoms with E-state index in [4.69, 9.17) is 0 Å². The molecule has 0 amide bonds. The van der Waals surface area contributed by atoms with Gasteiger partial charge in [-0.05, 0) is 42.5 Å². The zero-order chi connectivity index (χ0) is 15.7. The van der Waals surface area contributed by atoms with Crippen LogP contribution in [0.5, 0.6) is 0 Å². The number of para-hydroxylation sites is 1. The smallest absolute Gasteiger partial charge is 0.362 e. The normalized spacial score (nSPS) is 10.8. The number of aromatic nitrogens is 5. The number of H-pyrrole nitrogens is 1. The van der Waals surface area contributed by atoms with Crippen molar-refractivity contribution in [1.82, 2.24) is 24.8 Å². The van der Waals surface area contributed by atoms with Crippen molar-refractivity contribution in [3.05, 3.63) is 63.8 Å². The number of Topliss-reactive ketones (excluding diaryl/α,β-unsaturated/α-hetero) is 1. The number of rotatable bonds is 4. The minimum Gasteiger partial charge on any atom is -0.362 e. The molecular formula is C15H15N5O2. The Morgan fingerprint density at radius 2 is 1.91 bits per heavy atom. The summed E-state index contributed by atoms with van der Waals surface area (Å²) in [6.07, 6.45) is 0. The van der Waals surface area contributed by atoms with Crippen LogP contribution in [0.1, 0.15) is 21.7 Å². The van der Waals surface area contributed by atoms with Crippen molar-refractivity contribution < 1.29 is 4.79 Å². The Morgan fingerprint density at radius 1 is 1.18 bits per heavy atom. The predicted octanol–water partition coefficient (Wildman–Crippen LogP) is 1.26. The van der Waals surface area contributed by atoms with E-state index in [9.17, 15) is 9.59 Å². The van der Waals surface area contributed by atoms with Crippen LogP contribution in [0.2, 0.25) is 0 Å². The van der Waals surface area contributed by atoms with Crippen LogP contribution in [-0.2, 0) is 6.54 Å². The molecule has 0 aliphatic carbocycles. The van der Waals surface area contributed by atoms with Gasteiger partial charge in [-0.1, -0.05) is 18.2 Å². The molecule has 0 radical (unpaired) electrons. The maximum absolute atomic E-state index is 12.3. The molecule has 3 aromatic rings. The van der Waals surface area contributed by atoms with Gasteiger partial charge in [0.15, 0.2) is 5.78 Å². The number of hydrogen-bond acceptors (Lipinski definition) is 4. The molecule has 0 saturated carbocycles. The Labute approximate surface area is 126 Å². The van der Waals surface area contributed by atoms with E-state index in [1.165, 1.54) is 4.68 Å². The first-order chi connectivity index (χ1) is 10.6. The highest BCUT2D eigenvalue weighted by Crippen LogP contribution is 2.10. The monoisotopic (exact) mass is 297 g/mol. The molecule has 0 saturated heterocycles. The molecule has 1 N–H and O–H groups in total. The van der Waals surface area contributed by atoms with Gasteiger partial charge in [0.2, 0.25) is 0 Å². The Morgan fingerprint density at radius 3 is 2.55 bits per heavy atom. The molecule has 7 heteroatoms. The number of ketones is 1. The number of nitrogens with zero attached hydrogens (tertiary/aromatic N) is 4. The number of tetrazole rings is 1. The summed E-state index contributed by atoms with van der Waals surface area (Å²) in [5.41, 5.74) is 2.43. The lowest BCUT2D eigenvalue weighted by molar-refractivity contribution is 0.0965. The highest BCUT2D eigenvalue weighted by molar-refractivity contribution is 5.97. The van der Waals surface area contributed by atoms with Crippen molar-refractivity contribution in [3.63, 3.8) is 0 Å². The van der Waals surface area contributed by atoms with Gasteiger partial charge < -0.3 is 4.98 Å². The Hall–Kier alpha value is -2.96. The van der Waals surface area contributed by atoms with Crippen LogP contribution in [0.25, 0.3) is 5.69 Å². The molecule has 22 heavy (non-hydrogen) atoms. The lowest BCUT2D eigenvalue weighted by atomic mass is 10.1. The van der Waals surface area contributed by atoms with Crippen molar-refractivity contribution in [3.8, 4) is 5.69 Å². The first-order valence-corrected chi connectivity index (χ1v) is 6.84. The quantitative estimate of drug-likeness (QED) is 0.735. The molecule has 0 bridgehead atoms. The van der Waals surface area contributed by atoms with Gasteiger partial charge in [-0.2, -0.15) is 9.36 Å². The second-order valence-electron chi connectivity index (χ2n) is 5.08. The number of aryl methyl sites for hydroxylation is 2. The van der Waals surface area contributed by atoms with Gasteiger partial charge in [-0.15, -0.1) is 0 Å². The maximum atomic E-state index is 12.3. The van der Waals surface area contributed by atoms with Crippen molar-refractivity contribution in [2.75, 3.05) is 0 Å². The number of carbonyl (C=O) groups excluding carboxylic acids is 1. The summed E-state index contributed by atoms with van der Waals surface area (Å²) in [4.78, 5) is 27.6. The highest BCUT2D eigenvalue weighted by Gasteiger charge is 2.16. The molecule has 0 unspecified atom stereocenters. The number of benzene rings is 1. The van der Waals surface area contributed by atoms with Crippen LogP contribution in [0.3, 0.4) is 0 Å². The SMILES string of the molecule is Cc1cc(C(=O)Cn2nnn(-c3ccccc3)c2=O)c(C)[nH]1. The number of hydrogen-bond donors (Lipinski definition) is 1. The van der Waals surface area contributed by atoms with Gasteiger partial charge in [-0.25, -0.2) is 4.79 Å². The molecule has 3 rings (SSSR count). The average molecular weight is 297 g/mol. The number of nitrogens with one attached hydrogen (secondary N) is 1. The molecule has 0 atom stereocenters. The minimum atomic E-state index is -0.440. The van der Waals surface area contributed by atoms with Gasteiger partial charge in [0.05, 0.1) is 5.69 Å². The summed E-state index contributed by atoms with van der Waals surface area (Å²) in [6, 6.07) is 10.7. The number of carbonyl (C=O) groups is 1. The van der Waals surface area contributed by atoms with Crippen LogP contribution in [0.15, 0.2) is 41.2 Å². The summed E-state index contributed by atoms with van der Waals surface area (Å²) in [7, 11) is 0. The van der Waals surface area contributed by atoms with Crippen LogP contribution in [-0.4, -0.2) is 30.6 Å². The molecule has 1 aromatic carbocycles. The van der Waals surface area contributed by atoms with Crippen LogP contribution < -0.4 is 5.69 Å². The average Bonchev–Trinajstić information content (AvgIpc) is 3.03. The van der Waals surface area contributed by atoms with E-state index in [0.717, 1.165) is 16.1 Å². The zero-order valence-corrected chi connectivity index (χ0v) is 12.3. The summed E-state index contributed by atoms with van der Waals surface area (Å²) < 4.78 is 2.24. The molecular weight excluding hydrogens is 282 g/mol. The molecule has 2 heterocycles. The first-order valence-electron chi connectivity index (χ1n) is 6.84. The van der Waals surface area contributed by atoms with E-state index in [1.54, 1.807) is 30.3 Å². The third-order valence-electron chi connectivity index (χ3n) is 3.38. The van der Waals surface area contributed by atoms with Crippen molar-refractivity contribution in [2.45, 2.75) is 20.4 Å². The van der Waals surface area contributed by atoms with E-state index in [-0.39, 0.29) is 12.3 Å². The summed E-state index contributed by atoms with van der Waals surface area (Å²) in [6.45, 7) is 3.56. The second-order valence-corrected chi connectivity index (χ2v) is 5.08. The van der Waals surface area contributed by atoms with E-state index in [1.807, 2.05) is 19.9 Å². The Bertz CT molecular complexity index is 873. The standard InChI is InChI=1S/C15H15N5O2/c1-10-8-13(11(2)16-10)14(21)9-19-15(22)20(18-17-19)12-6-4-3-5-7-12/h3-8,16H,9H2,1-2H3. The predicted molar refractivity (Wildman–Crippen MR) is 80.2 cm³/mol. The van der Waals surface area contributed by atoms with Crippen molar-refractivity contribution in [1.29, 1.82) is 0 Å². The fourth-order valence-corrected chi connectivity index (χ4v) is 2.34. The van der Waals surface area contributed by atoms with Crippen molar-refractivity contribution >= 4 is 5.78 Å². The zero-order valence-electron chi connectivity index (χ0n) is 12.3. The number of aromatic amines is 1. The molecule has 0 aliphatic rings. The summed E-state index contributed by atoms with van der Waals surface area (Å²) >= 11 is 0. The Kier molecular flexibility index (Phi) is 3.46. The fourth-order valence-electron chi connectivity index (χ4n) is 2.34. The lowest BCUT2D eigenvalue weighted by Gasteiger charge is -1.99. The lowest BCUT2D eigenvalue weighted by Crippen LogP contribution is -2.27. The summed E-state index contributed by atoms with van der Waals surface area (Å²) in [5, 5.41) is 7.60. The van der Waals surface area contributed by atoms with E-state index < -0.39 is 5.69 Å².